The number of carbonyl (C=O) groups is 1. The van der Waals surface area contributed by atoms with Crippen molar-refractivity contribution in [2.45, 2.75) is 6.42 Å². The number of amides is 1. The first kappa shape index (κ1) is 20.9. The molecule has 0 bridgehead atoms. The van der Waals surface area contributed by atoms with E-state index in [1.807, 2.05) is 4.90 Å². The summed E-state index contributed by atoms with van der Waals surface area (Å²) < 4.78 is 0. The lowest BCUT2D eigenvalue weighted by Crippen LogP contribution is -2.45. The Bertz CT molecular complexity index is 738. The number of hydrogen-bond acceptors (Lipinski definition) is 10. The first-order valence-corrected chi connectivity index (χ1v) is 9.76. The van der Waals surface area contributed by atoms with E-state index in [1.54, 1.807) is 18.3 Å². The van der Waals surface area contributed by atoms with E-state index in [9.17, 15) is 4.79 Å². The maximum absolute atomic E-state index is 12.3. The second-order valence-electron chi connectivity index (χ2n) is 6.56. The normalized spacial score (nSPS) is 17.4. The van der Waals surface area contributed by atoms with E-state index < -0.39 is 0 Å². The minimum atomic E-state index is -0.346. The molecule has 158 valence electrons. The molecule has 12 nitrogen and oxygen atoms in total. The fourth-order valence-electron chi connectivity index (χ4n) is 2.79. The average molecular weight is 403 g/mol. The van der Waals surface area contributed by atoms with Gasteiger partial charge in [-0.15, -0.1) is 0 Å². The Morgan fingerprint density at radius 1 is 0.966 bits per heavy atom. The lowest BCUT2D eigenvalue weighted by atomic mass is 10.4. The van der Waals surface area contributed by atoms with Crippen molar-refractivity contribution >= 4 is 23.8 Å². The van der Waals surface area contributed by atoms with Crippen molar-refractivity contribution in [3.8, 4) is 0 Å². The molecule has 3 rings (SSSR count). The van der Waals surface area contributed by atoms with Gasteiger partial charge in [-0.25, -0.2) is 0 Å². The summed E-state index contributed by atoms with van der Waals surface area (Å²) in [5, 5.41) is 16.2. The lowest BCUT2D eigenvalue weighted by Gasteiger charge is -2.24. The van der Waals surface area contributed by atoms with E-state index >= 15 is 0 Å². The summed E-state index contributed by atoms with van der Waals surface area (Å²) in [5.74, 6) is 0.183. The molecule has 1 amide bonds. The molecule has 2 aromatic heterocycles. The topological polar surface area (TPSA) is 161 Å². The molecular weight excluding hydrogens is 374 g/mol. The van der Waals surface area contributed by atoms with Gasteiger partial charge in [0.25, 0.3) is 5.91 Å². The third-order valence-electron chi connectivity index (χ3n) is 4.26. The van der Waals surface area contributed by atoms with Crippen LogP contribution in [0.4, 0.5) is 17.8 Å². The fourth-order valence-corrected chi connectivity index (χ4v) is 2.79. The smallest absolute Gasteiger partial charge is 0.274 e. The van der Waals surface area contributed by atoms with Gasteiger partial charge in [0, 0.05) is 32.4 Å². The van der Waals surface area contributed by atoms with Crippen LogP contribution in [-0.4, -0.2) is 78.4 Å². The summed E-state index contributed by atoms with van der Waals surface area (Å²) in [6.07, 6.45) is 2.77. The van der Waals surface area contributed by atoms with Gasteiger partial charge in [0.1, 0.15) is 5.69 Å². The highest BCUT2D eigenvalue weighted by Crippen LogP contribution is 2.12. The zero-order valence-electron chi connectivity index (χ0n) is 16.4. The fraction of sp³-hybridized carbons (Fsp3) is 0.529. The monoisotopic (exact) mass is 403 g/mol. The van der Waals surface area contributed by atoms with Crippen LogP contribution in [0, 0.1) is 0 Å². The average Bonchev–Trinajstić information content (AvgIpc) is 3.24. The van der Waals surface area contributed by atoms with Crippen LogP contribution >= 0.6 is 0 Å². The summed E-state index contributed by atoms with van der Waals surface area (Å²) in [4.78, 5) is 29.6. The largest absolute Gasteiger partial charge is 0.368 e. The third kappa shape index (κ3) is 6.94. The van der Waals surface area contributed by atoms with Crippen LogP contribution in [0.25, 0.3) is 0 Å². The molecule has 0 aromatic carbocycles. The molecule has 0 radical (unpaired) electrons. The number of aromatic nitrogens is 4. The van der Waals surface area contributed by atoms with Gasteiger partial charge in [-0.1, -0.05) is 0 Å². The molecule has 0 unspecified atom stereocenters. The number of nitrogens with zero attached hydrogens (tertiary/aromatic N) is 4. The van der Waals surface area contributed by atoms with Crippen LogP contribution in [0.1, 0.15) is 16.9 Å². The van der Waals surface area contributed by atoms with E-state index in [2.05, 4.69) is 46.5 Å². The minimum absolute atomic E-state index is 0.0412. The highest BCUT2D eigenvalue weighted by atomic mass is 16.2. The molecule has 2 aromatic rings. The maximum Gasteiger partial charge on any atom is 0.274 e. The number of aromatic amines is 1. The number of rotatable bonds is 3. The van der Waals surface area contributed by atoms with Crippen LogP contribution in [0.3, 0.4) is 0 Å². The van der Waals surface area contributed by atoms with E-state index in [0.29, 0.717) is 25.0 Å². The number of anilines is 3. The van der Waals surface area contributed by atoms with Crippen LogP contribution in [0.5, 0.6) is 0 Å². The summed E-state index contributed by atoms with van der Waals surface area (Å²) in [7, 11) is 0. The number of nitrogens with one attached hydrogen (secondary N) is 6. The van der Waals surface area contributed by atoms with Crippen LogP contribution in [-0.2, 0) is 0 Å². The van der Waals surface area contributed by atoms with Gasteiger partial charge in [0.15, 0.2) is 0 Å². The molecular formula is C17H29N11O. The number of carbonyl (C=O) groups excluding carboxylic acids is 1. The van der Waals surface area contributed by atoms with Crippen molar-refractivity contribution in [2.75, 3.05) is 68.6 Å². The number of hydrogen-bond donors (Lipinski definition) is 7. The first-order chi connectivity index (χ1) is 14.2. The van der Waals surface area contributed by atoms with Gasteiger partial charge in [0.05, 0.1) is 13.3 Å². The Kier molecular flexibility index (Phi) is 8.12. The Labute approximate surface area is 169 Å². The Balaban J connectivity index is 1.67. The Morgan fingerprint density at radius 3 is 2.31 bits per heavy atom. The van der Waals surface area contributed by atoms with Crippen molar-refractivity contribution in [1.29, 1.82) is 0 Å². The number of nitrogens with two attached hydrogens (primary N) is 1. The van der Waals surface area contributed by atoms with Crippen molar-refractivity contribution in [1.82, 2.24) is 41.2 Å². The molecule has 1 saturated heterocycles. The van der Waals surface area contributed by atoms with E-state index in [-0.39, 0.29) is 17.8 Å². The Hall–Kier alpha value is -2.80. The minimum Gasteiger partial charge on any atom is -0.368 e. The van der Waals surface area contributed by atoms with Gasteiger partial charge in [-0.2, -0.15) is 15.0 Å². The van der Waals surface area contributed by atoms with Crippen LogP contribution in [0.2, 0.25) is 0 Å². The molecule has 12 heteroatoms. The zero-order valence-corrected chi connectivity index (χ0v) is 16.4. The van der Waals surface area contributed by atoms with Gasteiger partial charge < -0.3 is 26.3 Å². The van der Waals surface area contributed by atoms with E-state index in [0.717, 1.165) is 45.7 Å². The molecule has 1 aliphatic rings. The maximum atomic E-state index is 12.3. The van der Waals surface area contributed by atoms with Gasteiger partial charge in [-0.3, -0.25) is 20.7 Å². The molecule has 3 heterocycles. The molecule has 8 N–H and O–H groups in total. The third-order valence-corrected chi connectivity index (χ3v) is 4.26. The van der Waals surface area contributed by atoms with Crippen molar-refractivity contribution in [3.63, 3.8) is 0 Å². The highest BCUT2D eigenvalue weighted by molar-refractivity contribution is 6.01. The first-order valence-electron chi connectivity index (χ1n) is 9.76. The van der Waals surface area contributed by atoms with Gasteiger partial charge in [0.2, 0.25) is 17.8 Å². The molecule has 1 fully saturated rings. The SMILES string of the molecule is Nc1nc(NC(=O)c2ccc[nH]2)nc(N2CNCCNCCCNCCNC2)n1. The van der Waals surface area contributed by atoms with Crippen LogP contribution in [0.15, 0.2) is 18.3 Å². The van der Waals surface area contributed by atoms with Crippen molar-refractivity contribution < 1.29 is 4.79 Å². The molecule has 0 spiro atoms. The molecule has 0 atom stereocenters. The van der Waals surface area contributed by atoms with Gasteiger partial charge >= 0.3 is 0 Å². The number of nitrogen functional groups attached to an aromatic ring is 1. The van der Waals surface area contributed by atoms with Gasteiger partial charge in [-0.05, 0) is 31.6 Å². The number of H-pyrrole nitrogens is 1. The molecule has 0 aliphatic carbocycles. The lowest BCUT2D eigenvalue weighted by molar-refractivity contribution is 0.102. The summed E-state index contributed by atoms with van der Waals surface area (Å²) in [6, 6.07) is 3.40. The molecule has 29 heavy (non-hydrogen) atoms. The summed E-state index contributed by atoms with van der Waals surface area (Å²) >= 11 is 0. The second-order valence-corrected chi connectivity index (χ2v) is 6.56. The zero-order chi connectivity index (χ0) is 20.3. The summed E-state index contributed by atoms with van der Waals surface area (Å²) in [5.41, 5.74) is 6.27. The standard InChI is InChI=1S/C17H29N11O/c18-15-25-16(24-14(29)13-3-1-6-23-13)27-17(26-15)28-11-21-9-7-19-4-2-5-20-8-10-22-12-28/h1,3,6,19-23H,2,4-5,7-12H2,(H3,18,24,25,26,27,29). The predicted molar refractivity (Wildman–Crippen MR) is 112 cm³/mol. The molecule has 1 aliphatic heterocycles. The molecule has 0 saturated carbocycles. The quantitative estimate of drug-likeness (QED) is 0.322. The van der Waals surface area contributed by atoms with Crippen LogP contribution < -0.4 is 37.2 Å². The predicted octanol–water partition coefficient (Wildman–Crippen LogP) is -1.48. The highest BCUT2D eigenvalue weighted by Gasteiger charge is 2.15. The second kappa shape index (κ2) is 11.3. The van der Waals surface area contributed by atoms with Crippen molar-refractivity contribution in [3.05, 3.63) is 24.0 Å². The van der Waals surface area contributed by atoms with Crippen molar-refractivity contribution in [2.24, 2.45) is 0 Å². The van der Waals surface area contributed by atoms with E-state index in [4.69, 9.17) is 5.73 Å². The summed E-state index contributed by atoms with van der Waals surface area (Å²) in [6.45, 7) is 6.38. The van der Waals surface area contributed by atoms with E-state index in [1.165, 1.54) is 0 Å². The Morgan fingerprint density at radius 2 is 1.66 bits per heavy atom.